The maximum Gasteiger partial charge on any atom is 0.452 e. The largest absolute Gasteiger partial charge is 0.473 e. The van der Waals surface area contributed by atoms with Gasteiger partial charge < -0.3 is 14.6 Å². The van der Waals surface area contributed by atoms with Crippen LogP contribution in [0.2, 0.25) is 0 Å². The Labute approximate surface area is 158 Å². The first-order chi connectivity index (χ1) is 13.4. The fourth-order valence-corrected chi connectivity index (χ4v) is 2.50. The summed E-state index contributed by atoms with van der Waals surface area (Å²) >= 11 is 0. The molecular formula is C19H16F3N3O3. The molecule has 0 fully saturated rings. The molecule has 0 spiro atoms. The summed E-state index contributed by atoms with van der Waals surface area (Å²) in [6.07, 6.45) is -3.43. The van der Waals surface area contributed by atoms with Crippen molar-refractivity contribution in [3.8, 4) is 17.1 Å². The van der Waals surface area contributed by atoms with E-state index in [1.807, 2.05) is 0 Å². The molecule has 9 heteroatoms. The van der Waals surface area contributed by atoms with E-state index in [1.165, 1.54) is 18.3 Å². The summed E-state index contributed by atoms with van der Waals surface area (Å²) in [6, 6.07) is 11.2. The van der Waals surface area contributed by atoms with Gasteiger partial charge in [0.15, 0.2) is 0 Å². The SMILES string of the molecule is CCNC(=O)c1ccc(OCc2c(-c3ccccc3)noc2C(F)(F)F)nc1. The van der Waals surface area contributed by atoms with Gasteiger partial charge in [-0.15, -0.1) is 0 Å². The van der Waals surface area contributed by atoms with Crippen molar-refractivity contribution in [3.05, 3.63) is 65.5 Å². The predicted molar refractivity (Wildman–Crippen MR) is 93.5 cm³/mol. The third kappa shape index (κ3) is 4.30. The number of benzene rings is 1. The molecule has 0 bridgehead atoms. The van der Waals surface area contributed by atoms with Crippen molar-refractivity contribution in [3.63, 3.8) is 0 Å². The van der Waals surface area contributed by atoms with Gasteiger partial charge in [0, 0.05) is 24.4 Å². The Morgan fingerprint density at radius 2 is 1.93 bits per heavy atom. The van der Waals surface area contributed by atoms with E-state index in [4.69, 9.17) is 4.74 Å². The van der Waals surface area contributed by atoms with Crippen molar-refractivity contribution >= 4 is 5.91 Å². The van der Waals surface area contributed by atoms with Crippen LogP contribution in [0.3, 0.4) is 0 Å². The molecule has 0 saturated heterocycles. The molecule has 0 aliphatic rings. The number of pyridine rings is 1. The number of amides is 1. The fourth-order valence-electron chi connectivity index (χ4n) is 2.50. The van der Waals surface area contributed by atoms with Gasteiger partial charge in [-0.05, 0) is 13.0 Å². The zero-order valence-corrected chi connectivity index (χ0v) is 14.8. The summed E-state index contributed by atoms with van der Waals surface area (Å²) in [5.41, 5.74) is 0.611. The molecule has 146 valence electrons. The predicted octanol–water partition coefficient (Wildman–Crippen LogP) is 4.08. The van der Waals surface area contributed by atoms with E-state index in [0.717, 1.165) is 0 Å². The van der Waals surface area contributed by atoms with Gasteiger partial charge in [-0.3, -0.25) is 4.79 Å². The van der Waals surface area contributed by atoms with Gasteiger partial charge in [0.25, 0.3) is 5.91 Å². The Hall–Kier alpha value is -3.36. The minimum absolute atomic E-state index is 0.0480. The molecule has 1 amide bonds. The number of halogens is 3. The van der Waals surface area contributed by atoms with Crippen LogP contribution in [-0.2, 0) is 12.8 Å². The molecule has 6 nitrogen and oxygen atoms in total. The van der Waals surface area contributed by atoms with Crippen LogP contribution < -0.4 is 10.1 Å². The third-order valence-electron chi connectivity index (χ3n) is 3.79. The van der Waals surface area contributed by atoms with Gasteiger partial charge >= 0.3 is 6.18 Å². The third-order valence-corrected chi connectivity index (χ3v) is 3.79. The Balaban J connectivity index is 1.83. The van der Waals surface area contributed by atoms with Crippen LogP contribution in [-0.4, -0.2) is 22.6 Å². The van der Waals surface area contributed by atoms with Crippen LogP contribution in [0.1, 0.15) is 28.6 Å². The summed E-state index contributed by atoms with van der Waals surface area (Å²) in [4.78, 5) is 15.7. The lowest BCUT2D eigenvalue weighted by atomic mass is 10.1. The number of nitrogens with one attached hydrogen (secondary N) is 1. The molecule has 3 rings (SSSR count). The van der Waals surface area contributed by atoms with Crippen LogP contribution in [0.25, 0.3) is 11.3 Å². The maximum atomic E-state index is 13.3. The Morgan fingerprint density at radius 3 is 2.54 bits per heavy atom. The standard InChI is InChI=1S/C19H16F3N3O3/c1-2-23-18(26)13-8-9-15(24-10-13)27-11-14-16(12-6-4-3-5-7-12)25-28-17(14)19(20,21)22/h3-10H,2,11H2,1H3,(H,23,26). The van der Waals surface area contributed by atoms with Crippen LogP contribution in [0.5, 0.6) is 5.88 Å². The minimum atomic E-state index is -4.71. The van der Waals surface area contributed by atoms with Gasteiger partial charge in [-0.1, -0.05) is 35.5 Å². The van der Waals surface area contributed by atoms with Gasteiger partial charge in [-0.2, -0.15) is 13.2 Å². The molecule has 3 aromatic rings. The summed E-state index contributed by atoms with van der Waals surface area (Å²) < 4.78 is 49.8. The van der Waals surface area contributed by atoms with Crippen molar-refractivity contribution in [1.29, 1.82) is 0 Å². The Bertz CT molecular complexity index is 939. The van der Waals surface area contributed by atoms with Crippen LogP contribution >= 0.6 is 0 Å². The maximum absolute atomic E-state index is 13.3. The smallest absolute Gasteiger partial charge is 0.452 e. The highest BCUT2D eigenvalue weighted by Crippen LogP contribution is 2.37. The number of ether oxygens (including phenoxy) is 1. The quantitative estimate of drug-likeness (QED) is 0.685. The molecule has 0 saturated carbocycles. The normalized spacial score (nSPS) is 11.3. The lowest BCUT2D eigenvalue weighted by molar-refractivity contribution is -0.156. The lowest BCUT2D eigenvalue weighted by Crippen LogP contribution is -2.22. The van der Waals surface area contributed by atoms with Gasteiger partial charge in [0.2, 0.25) is 11.6 Å². The van der Waals surface area contributed by atoms with Crippen molar-refractivity contribution in [2.24, 2.45) is 0 Å². The highest BCUT2D eigenvalue weighted by atomic mass is 19.4. The molecule has 0 aliphatic carbocycles. The topological polar surface area (TPSA) is 77.2 Å². The van der Waals surface area contributed by atoms with E-state index in [0.29, 0.717) is 17.7 Å². The molecule has 0 aliphatic heterocycles. The summed E-state index contributed by atoms with van der Waals surface area (Å²) in [7, 11) is 0. The summed E-state index contributed by atoms with van der Waals surface area (Å²) in [5.74, 6) is -1.45. The van der Waals surface area contributed by atoms with Gasteiger partial charge in [-0.25, -0.2) is 4.98 Å². The van der Waals surface area contributed by atoms with Crippen molar-refractivity contribution in [2.75, 3.05) is 6.54 Å². The van der Waals surface area contributed by atoms with E-state index in [1.54, 1.807) is 37.3 Å². The molecule has 28 heavy (non-hydrogen) atoms. The molecule has 2 aromatic heterocycles. The van der Waals surface area contributed by atoms with Gasteiger partial charge in [0.1, 0.15) is 12.3 Å². The average molecular weight is 391 g/mol. The van der Waals surface area contributed by atoms with Crippen molar-refractivity contribution in [2.45, 2.75) is 19.7 Å². The molecule has 0 radical (unpaired) electrons. The van der Waals surface area contributed by atoms with E-state index in [-0.39, 0.29) is 23.0 Å². The number of rotatable bonds is 6. The van der Waals surface area contributed by atoms with Gasteiger partial charge in [0.05, 0.1) is 11.1 Å². The van der Waals surface area contributed by atoms with Crippen LogP contribution in [0, 0.1) is 0 Å². The molecule has 0 atom stereocenters. The number of hydrogen-bond acceptors (Lipinski definition) is 5. The first kappa shape index (κ1) is 19.4. The number of alkyl halides is 3. The summed E-state index contributed by atoms with van der Waals surface area (Å²) in [6.45, 7) is 1.80. The monoisotopic (exact) mass is 391 g/mol. The first-order valence-electron chi connectivity index (χ1n) is 8.38. The fraction of sp³-hybridized carbons (Fsp3) is 0.211. The second kappa shape index (κ2) is 8.12. The number of carbonyl (C=O) groups is 1. The van der Waals surface area contributed by atoms with Crippen molar-refractivity contribution < 1.29 is 27.2 Å². The van der Waals surface area contributed by atoms with E-state index in [9.17, 15) is 18.0 Å². The number of hydrogen-bond donors (Lipinski definition) is 1. The van der Waals surface area contributed by atoms with Crippen molar-refractivity contribution in [1.82, 2.24) is 15.5 Å². The Morgan fingerprint density at radius 1 is 1.18 bits per heavy atom. The lowest BCUT2D eigenvalue weighted by Gasteiger charge is -2.09. The van der Waals surface area contributed by atoms with E-state index < -0.39 is 18.5 Å². The molecular weight excluding hydrogens is 375 g/mol. The molecule has 1 aromatic carbocycles. The first-order valence-corrected chi connectivity index (χ1v) is 8.38. The van der Waals surface area contributed by atoms with E-state index in [2.05, 4.69) is 20.0 Å². The second-order valence-electron chi connectivity index (χ2n) is 5.74. The summed E-state index contributed by atoms with van der Waals surface area (Å²) in [5, 5.41) is 6.19. The second-order valence-corrected chi connectivity index (χ2v) is 5.74. The van der Waals surface area contributed by atoms with E-state index >= 15 is 0 Å². The number of nitrogens with zero attached hydrogens (tertiary/aromatic N) is 2. The number of carbonyl (C=O) groups excluding carboxylic acids is 1. The van der Waals surface area contributed by atoms with Crippen LogP contribution in [0.15, 0.2) is 53.2 Å². The van der Waals surface area contributed by atoms with Crippen LogP contribution in [0.4, 0.5) is 13.2 Å². The molecule has 1 N–H and O–H groups in total. The highest BCUT2D eigenvalue weighted by Gasteiger charge is 2.40. The zero-order valence-electron chi connectivity index (χ0n) is 14.8. The molecule has 2 heterocycles. The molecule has 0 unspecified atom stereocenters. The zero-order chi connectivity index (χ0) is 20.1. The number of aromatic nitrogens is 2. The minimum Gasteiger partial charge on any atom is -0.473 e. The average Bonchev–Trinajstić information content (AvgIpc) is 3.12. The highest BCUT2D eigenvalue weighted by molar-refractivity contribution is 5.93. The Kier molecular flexibility index (Phi) is 5.62.